The summed E-state index contributed by atoms with van der Waals surface area (Å²) in [5.41, 5.74) is 2.66. The lowest BCUT2D eigenvalue weighted by Crippen LogP contribution is -2.59. The van der Waals surface area contributed by atoms with Crippen molar-refractivity contribution in [3.8, 4) is 5.75 Å². The number of rotatable bonds is 6. The minimum absolute atomic E-state index is 0.157. The Morgan fingerprint density at radius 2 is 1.82 bits per heavy atom. The third-order valence-corrected chi connectivity index (χ3v) is 16.4. The van der Waals surface area contributed by atoms with Gasteiger partial charge < -0.3 is 14.4 Å². The van der Waals surface area contributed by atoms with E-state index < -0.39 is 36.6 Å². The maximum Gasteiger partial charge on any atom is 0.264 e. The third-order valence-electron chi connectivity index (χ3n) is 13.3. The number of allylic oxidation sites excluding steroid dienone is 1. The summed E-state index contributed by atoms with van der Waals surface area (Å²) in [4.78, 5) is 20.7. The van der Waals surface area contributed by atoms with Gasteiger partial charge in [0.15, 0.2) is 0 Å². The Bertz CT molecular complexity index is 2000. The van der Waals surface area contributed by atoms with Crippen molar-refractivity contribution >= 4 is 43.1 Å². The van der Waals surface area contributed by atoms with Gasteiger partial charge in [0.25, 0.3) is 5.91 Å². The van der Waals surface area contributed by atoms with E-state index in [1.807, 2.05) is 25.1 Å². The number of aryl methyl sites for hydroxylation is 1. The zero-order chi connectivity index (χ0) is 39.2. The predicted octanol–water partition coefficient (Wildman–Crippen LogP) is 4.93. The molecular formula is C41H57ClN4O7S2. The van der Waals surface area contributed by atoms with E-state index in [-0.39, 0.29) is 34.5 Å². The number of ether oxygens (including phenoxy) is 2. The second-order valence-corrected chi connectivity index (χ2v) is 21.7. The molecular weight excluding hydrogens is 760 g/mol. The summed E-state index contributed by atoms with van der Waals surface area (Å²) in [6.45, 7) is 9.84. The largest absolute Gasteiger partial charge is 0.490 e. The van der Waals surface area contributed by atoms with Crippen LogP contribution in [0.25, 0.3) is 0 Å². The second-order valence-electron chi connectivity index (χ2n) is 16.9. The van der Waals surface area contributed by atoms with E-state index in [0.29, 0.717) is 38.4 Å². The molecule has 302 valence electrons. The van der Waals surface area contributed by atoms with Crippen LogP contribution in [-0.2, 0) is 36.4 Å². The van der Waals surface area contributed by atoms with Crippen LogP contribution in [0.2, 0.25) is 5.02 Å². The molecule has 2 aromatic carbocycles. The molecule has 11 nitrogen and oxygen atoms in total. The number of methoxy groups -OCH3 is 1. The van der Waals surface area contributed by atoms with Gasteiger partial charge in [-0.25, -0.2) is 21.6 Å². The average molecular weight is 818 g/mol. The number of carbonyl (C=O) groups is 1. The van der Waals surface area contributed by atoms with E-state index in [0.717, 1.165) is 75.5 Å². The number of benzene rings is 2. The molecule has 14 heteroatoms. The van der Waals surface area contributed by atoms with Gasteiger partial charge in [0.05, 0.1) is 23.3 Å². The van der Waals surface area contributed by atoms with Gasteiger partial charge in [0.2, 0.25) is 10.0 Å². The zero-order valence-corrected chi connectivity index (χ0v) is 35.0. The summed E-state index contributed by atoms with van der Waals surface area (Å²) in [6.07, 6.45) is 11.0. The van der Waals surface area contributed by atoms with Gasteiger partial charge in [-0.3, -0.25) is 14.6 Å². The lowest BCUT2D eigenvalue weighted by atomic mass is 9.63. The summed E-state index contributed by atoms with van der Waals surface area (Å²) in [6, 6.07) is 11.5. The van der Waals surface area contributed by atoms with Crippen molar-refractivity contribution in [2.45, 2.75) is 68.6 Å². The Morgan fingerprint density at radius 1 is 1.05 bits per heavy atom. The summed E-state index contributed by atoms with van der Waals surface area (Å²) in [5.74, 6) is 0.401. The Hall–Kier alpha value is -2.68. The highest BCUT2D eigenvalue weighted by Crippen LogP contribution is 2.49. The normalized spacial score (nSPS) is 32.3. The average Bonchev–Trinajstić information content (AvgIpc) is 3.28. The second kappa shape index (κ2) is 15.9. The van der Waals surface area contributed by atoms with Crippen LogP contribution in [-0.4, -0.2) is 121 Å². The first kappa shape index (κ1) is 40.5. The van der Waals surface area contributed by atoms with Crippen molar-refractivity contribution in [2.24, 2.45) is 17.8 Å². The number of nitrogens with zero attached hydrogens (tertiary/aromatic N) is 3. The first-order valence-electron chi connectivity index (χ1n) is 19.8. The van der Waals surface area contributed by atoms with Crippen molar-refractivity contribution in [3.05, 3.63) is 70.3 Å². The number of sulfone groups is 1. The molecule has 3 heterocycles. The summed E-state index contributed by atoms with van der Waals surface area (Å²) >= 11 is 6.50. The Kier molecular flexibility index (Phi) is 11.7. The fourth-order valence-electron chi connectivity index (χ4n) is 9.62. The number of anilines is 1. The number of halogens is 1. The van der Waals surface area contributed by atoms with Gasteiger partial charge in [-0.15, -0.1) is 0 Å². The summed E-state index contributed by atoms with van der Waals surface area (Å²) in [7, 11) is -5.23. The smallest absolute Gasteiger partial charge is 0.264 e. The highest BCUT2D eigenvalue weighted by atomic mass is 35.5. The number of hydrogen-bond donors (Lipinski definition) is 1. The van der Waals surface area contributed by atoms with Crippen LogP contribution in [0, 0.1) is 17.8 Å². The SMILES string of the molecule is CO[C@@]1(CN2CCN(CCS(C)(=O)=O)CC2)/C=C/C[C@H](C)[C@@H](C)S(=O)(=O)NC(=O)c2ccc3c(c2)N(C[C@@H]2CC[C@H]21)C[C@@]1(CCCc2cc(Cl)ccc21)CO3. The standard InChI is InChI=1S/C41H57ClN4O7S2/c1-29-7-5-16-41(52-3,27-45-19-17-44(18-20-45)21-22-54(4,48)49)36-12-9-33(36)25-46-26-40(15-6-8-31-23-34(42)11-13-35(31)40)28-53-38-14-10-32(24-37(38)46)39(47)43-55(50,51)30(29)2/h5,10-11,13-14,16,23-24,29-30,33,36H,6-9,12,15,17-22,25-28H2,1-4H3,(H,43,47)/b16-5+/t29-,30+,33-,36+,40-,41+/m0/s1. The van der Waals surface area contributed by atoms with Crippen molar-refractivity contribution < 1.29 is 31.1 Å². The Labute approximate surface area is 332 Å². The van der Waals surface area contributed by atoms with Crippen LogP contribution < -0.4 is 14.4 Å². The molecule has 1 amide bonds. The van der Waals surface area contributed by atoms with Gasteiger partial charge in [-0.2, -0.15) is 0 Å². The van der Waals surface area contributed by atoms with Crippen molar-refractivity contribution in [2.75, 3.05) is 83.0 Å². The van der Waals surface area contributed by atoms with Crippen molar-refractivity contribution in [3.63, 3.8) is 0 Å². The lowest BCUT2D eigenvalue weighted by Gasteiger charge is -2.52. The zero-order valence-electron chi connectivity index (χ0n) is 32.6. The predicted molar refractivity (Wildman–Crippen MR) is 218 cm³/mol. The molecule has 1 saturated heterocycles. The van der Waals surface area contributed by atoms with Crippen LogP contribution >= 0.6 is 11.6 Å². The van der Waals surface area contributed by atoms with Crippen LogP contribution in [0.3, 0.4) is 0 Å². The number of amides is 1. The number of fused-ring (bicyclic) bond motifs is 4. The molecule has 2 bridgehead atoms. The fraction of sp³-hybridized carbons (Fsp3) is 0.634. The van der Waals surface area contributed by atoms with Crippen molar-refractivity contribution in [1.29, 1.82) is 0 Å². The molecule has 2 aliphatic carbocycles. The topological polar surface area (TPSA) is 126 Å². The van der Waals surface area contributed by atoms with Crippen molar-refractivity contribution in [1.82, 2.24) is 14.5 Å². The number of sulfonamides is 1. The molecule has 55 heavy (non-hydrogen) atoms. The molecule has 0 unspecified atom stereocenters. The van der Waals surface area contributed by atoms with Crippen LogP contribution in [0.15, 0.2) is 48.6 Å². The van der Waals surface area contributed by atoms with Gasteiger partial charge in [-0.1, -0.05) is 36.7 Å². The Morgan fingerprint density at radius 3 is 2.53 bits per heavy atom. The minimum Gasteiger partial charge on any atom is -0.490 e. The minimum atomic E-state index is -3.99. The highest BCUT2D eigenvalue weighted by molar-refractivity contribution is 7.90. The summed E-state index contributed by atoms with van der Waals surface area (Å²) in [5, 5.41) is -0.0904. The molecule has 7 rings (SSSR count). The molecule has 1 N–H and O–H groups in total. The number of carbonyl (C=O) groups excluding carboxylic acids is 1. The van der Waals surface area contributed by atoms with E-state index in [2.05, 4.69) is 43.7 Å². The van der Waals surface area contributed by atoms with E-state index >= 15 is 0 Å². The lowest BCUT2D eigenvalue weighted by molar-refractivity contribution is -0.0953. The quantitative estimate of drug-likeness (QED) is 0.402. The molecule has 0 radical (unpaired) electrons. The van der Waals surface area contributed by atoms with Gasteiger partial charge in [0, 0.05) is 81.7 Å². The maximum atomic E-state index is 13.7. The van der Waals surface area contributed by atoms with Gasteiger partial charge in [0.1, 0.15) is 21.2 Å². The number of hydrogen-bond acceptors (Lipinski definition) is 10. The highest BCUT2D eigenvalue weighted by Gasteiger charge is 2.50. The fourth-order valence-corrected chi connectivity index (χ4v) is 11.7. The van der Waals surface area contributed by atoms with Crippen LogP contribution in [0.5, 0.6) is 5.75 Å². The maximum absolute atomic E-state index is 13.7. The van der Waals surface area contributed by atoms with E-state index in [1.54, 1.807) is 20.1 Å². The molecule has 0 aromatic heterocycles. The van der Waals surface area contributed by atoms with Crippen LogP contribution in [0.4, 0.5) is 5.69 Å². The van der Waals surface area contributed by atoms with E-state index in [9.17, 15) is 21.6 Å². The van der Waals surface area contributed by atoms with Gasteiger partial charge >= 0.3 is 0 Å². The molecule has 2 fully saturated rings. The van der Waals surface area contributed by atoms with Gasteiger partial charge in [-0.05, 0) is 105 Å². The number of piperazine rings is 1. The first-order chi connectivity index (χ1) is 26.1. The molecule has 1 saturated carbocycles. The number of nitrogens with one attached hydrogen (secondary N) is 1. The van der Waals surface area contributed by atoms with E-state index in [1.165, 1.54) is 17.4 Å². The molecule has 3 aliphatic heterocycles. The third kappa shape index (κ3) is 8.62. The van der Waals surface area contributed by atoms with Crippen LogP contribution in [0.1, 0.15) is 67.4 Å². The molecule has 6 atom stereocenters. The molecule has 2 aromatic rings. The molecule has 1 spiro atoms. The van der Waals surface area contributed by atoms with E-state index in [4.69, 9.17) is 21.1 Å². The molecule has 5 aliphatic rings. The summed E-state index contributed by atoms with van der Waals surface area (Å²) < 4.78 is 66.6. The monoisotopic (exact) mass is 816 g/mol. The Balaban J connectivity index is 1.25. The first-order valence-corrected chi connectivity index (χ1v) is 23.8.